The van der Waals surface area contributed by atoms with Crippen molar-refractivity contribution >= 4 is 16.6 Å². The molecule has 0 radical (unpaired) electrons. The Morgan fingerprint density at radius 3 is 2.48 bits per heavy atom. The van der Waals surface area contributed by atoms with Crippen molar-refractivity contribution in [2.45, 2.75) is 44.6 Å². The summed E-state index contributed by atoms with van der Waals surface area (Å²) in [6, 6.07) is 14.5. The molecule has 0 N–H and O–H groups in total. The summed E-state index contributed by atoms with van der Waals surface area (Å²) in [5.74, 6) is 1.32. The first-order valence-electron chi connectivity index (χ1n) is 7.97. The quantitative estimate of drug-likeness (QED) is 0.809. The summed E-state index contributed by atoms with van der Waals surface area (Å²) in [6.07, 6.45) is 6.32. The second kappa shape index (κ2) is 4.87. The van der Waals surface area contributed by atoms with E-state index in [0.717, 1.165) is 18.6 Å². The number of rotatable bonds is 2. The number of ether oxygens (including phenoxy) is 1. The SMILES string of the molecule is O=C1CC(Oc2ccc3ccccc3c2)C12CCCCC2. The van der Waals surface area contributed by atoms with Crippen molar-refractivity contribution in [1.29, 1.82) is 0 Å². The predicted octanol–water partition coefficient (Wildman–Crippen LogP) is 4.51. The molecule has 2 heteroatoms. The first-order valence-corrected chi connectivity index (χ1v) is 7.97. The van der Waals surface area contributed by atoms with Crippen molar-refractivity contribution in [3.8, 4) is 5.75 Å². The van der Waals surface area contributed by atoms with Gasteiger partial charge in [0.1, 0.15) is 17.6 Å². The number of fused-ring (bicyclic) bond motifs is 1. The summed E-state index contributed by atoms with van der Waals surface area (Å²) in [5.41, 5.74) is -0.163. The lowest BCUT2D eigenvalue weighted by molar-refractivity contribution is -0.156. The van der Waals surface area contributed by atoms with Gasteiger partial charge in [0.15, 0.2) is 0 Å². The van der Waals surface area contributed by atoms with Crippen LogP contribution in [-0.4, -0.2) is 11.9 Å². The molecule has 1 atom stereocenters. The average Bonchev–Trinajstić information content (AvgIpc) is 2.55. The first-order chi connectivity index (χ1) is 10.3. The van der Waals surface area contributed by atoms with Gasteiger partial charge in [-0.2, -0.15) is 0 Å². The Balaban J connectivity index is 1.58. The number of benzene rings is 2. The molecule has 1 spiro atoms. The van der Waals surface area contributed by atoms with Gasteiger partial charge in [-0.15, -0.1) is 0 Å². The maximum absolute atomic E-state index is 12.1. The Morgan fingerprint density at radius 1 is 0.952 bits per heavy atom. The van der Waals surface area contributed by atoms with Crippen molar-refractivity contribution in [3.63, 3.8) is 0 Å². The molecule has 1 unspecified atom stereocenters. The number of ketones is 1. The highest BCUT2D eigenvalue weighted by Crippen LogP contribution is 2.50. The van der Waals surface area contributed by atoms with Crippen LogP contribution >= 0.6 is 0 Å². The van der Waals surface area contributed by atoms with Crippen LogP contribution in [0.4, 0.5) is 0 Å². The minimum absolute atomic E-state index is 0.0893. The number of hydrogen-bond acceptors (Lipinski definition) is 2. The van der Waals surface area contributed by atoms with Gasteiger partial charge in [-0.1, -0.05) is 49.6 Å². The molecule has 0 saturated heterocycles. The van der Waals surface area contributed by atoms with Crippen LogP contribution in [0, 0.1) is 5.41 Å². The van der Waals surface area contributed by atoms with Crippen molar-refractivity contribution in [2.75, 3.05) is 0 Å². The predicted molar refractivity (Wildman–Crippen MR) is 83.5 cm³/mol. The largest absolute Gasteiger partial charge is 0.489 e. The smallest absolute Gasteiger partial charge is 0.146 e. The van der Waals surface area contributed by atoms with Gasteiger partial charge >= 0.3 is 0 Å². The van der Waals surface area contributed by atoms with Crippen molar-refractivity contribution < 1.29 is 9.53 Å². The zero-order valence-corrected chi connectivity index (χ0v) is 12.2. The van der Waals surface area contributed by atoms with Crippen molar-refractivity contribution in [1.82, 2.24) is 0 Å². The maximum atomic E-state index is 12.1. The summed E-state index contributed by atoms with van der Waals surface area (Å²) in [4.78, 5) is 12.1. The molecular weight excluding hydrogens is 260 g/mol. The average molecular weight is 280 g/mol. The molecule has 2 aromatic rings. The molecule has 0 aromatic heterocycles. The number of carbonyl (C=O) groups excluding carboxylic acids is 1. The molecule has 0 amide bonds. The number of hydrogen-bond donors (Lipinski definition) is 0. The highest BCUT2D eigenvalue weighted by molar-refractivity contribution is 5.92. The molecule has 108 valence electrons. The molecule has 2 fully saturated rings. The van der Waals surface area contributed by atoms with Crippen LogP contribution in [0.2, 0.25) is 0 Å². The fourth-order valence-electron chi connectivity index (χ4n) is 3.96. The second-order valence-electron chi connectivity index (χ2n) is 6.46. The van der Waals surface area contributed by atoms with Gasteiger partial charge < -0.3 is 4.74 Å². The third-order valence-electron chi connectivity index (χ3n) is 5.29. The molecule has 2 aliphatic rings. The Kier molecular flexibility index (Phi) is 2.99. The maximum Gasteiger partial charge on any atom is 0.146 e. The third kappa shape index (κ3) is 2.05. The van der Waals surface area contributed by atoms with Crippen LogP contribution in [0.3, 0.4) is 0 Å². The van der Waals surface area contributed by atoms with Crippen LogP contribution in [0.25, 0.3) is 10.8 Å². The Morgan fingerprint density at radius 2 is 1.71 bits per heavy atom. The van der Waals surface area contributed by atoms with E-state index in [4.69, 9.17) is 4.74 Å². The molecule has 0 aliphatic heterocycles. The highest BCUT2D eigenvalue weighted by Gasteiger charge is 2.56. The zero-order valence-electron chi connectivity index (χ0n) is 12.2. The summed E-state index contributed by atoms with van der Waals surface area (Å²) in [5, 5.41) is 2.42. The fourth-order valence-corrected chi connectivity index (χ4v) is 3.96. The summed E-state index contributed by atoms with van der Waals surface area (Å²) < 4.78 is 6.20. The van der Waals surface area contributed by atoms with E-state index in [1.807, 2.05) is 18.2 Å². The van der Waals surface area contributed by atoms with Gasteiger partial charge in [-0.25, -0.2) is 0 Å². The monoisotopic (exact) mass is 280 g/mol. The van der Waals surface area contributed by atoms with E-state index in [2.05, 4.69) is 24.3 Å². The summed E-state index contributed by atoms with van der Waals surface area (Å²) in [7, 11) is 0. The zero-order chi connectivity index (χ0) is 14.3. The standard InChI is InChI=1S/C19H20O2/c20-17-13-18(19(17)10-4-1-5-11-19)21-16-9-8-14-6-2-3-7-15(14)12-16/h2-3,6-9,12,18H,1,4-5,10-11,13H2. The molecule has 21 heavy (non-hydrogen) atoms. The summed E-state index contributed by atoms with van der Waals surface area (Å²) in [6.45, 7) is 0. The van der Waals surface area contributed by atoms with E-state index in [9.17, 15) is 4.79 Å². The summed E-state index contributed by atoms with van der Waals surface area (Å²) >= 11 is 0. The molecule has 0 bridgehead atoms. The van der Waals surface area contributed by atoms with Crippen LogP contribution in [0.15, 0.2) is 42.5 Å². The van der Waals surface area contributed by atoms with E-state index in [0.29, 0.717) is 12.2 Å². The highest BCUT2D eigenvalue weighted by atomic mass is 16.5. The Labute approximate surface area is 125 Å². The van der Waals surface area contributed by atoms with Gasteiger partial charge in [0.25, 0.3) is 0 Å². The lowest BCUT2D eigenvalue weighted by atomic mass is 9.57. The second-order valence-corrected chi connectivity index (χ2v) is 6.46. The molecule has 2 nitrogen and oxygen atoms in total. The lowest BCUT2D eigenvalue weighted by Crippen LogP contribution is -2.57. The molecule has 0 heterocycles. The third-order valence-corrected chi connectivity index (χ3v) is 5.29. The van der Waals surface area contributed by atoms with E-state index in [1.54, 1.807) is 0 Å². The Bertz CT molecular complexity index is 683. The van der Waals surface area contributed by atoms with Crippen molar-refractivity contribution in [3.05, 3.63) is 42.5 Å². The molecular formula is C19H20O2. The van der Waals surface area contributed by atoms with Crippen LogP contribution in [-0.2, 0) is 4.79 Å². The van der Waals surface area contributed by atoms with Gasteiger partial charge in [0.2, 0.25) is 0 Å². The normalized spacial score (nSPS) is 24.0. The van der Waals surface area contributed by atoms with Gasteiger partial charge in [0.05, 0.1) is 5.41 Å². The lowest BCUT2D eigenvalue weighted by Gasteiger charge is -2.49. The molecule has 4 rings (SSSR count). The van der Waals surface area contributed by atoms with E-state index < -0.39 is 0 Å². The van der Waals surface area contributed by atoms with E-state index >= 15 is 0 Å². The molecule has 2 saturated carbocycles. The van der Waals surface area contributed by atoms with Gasteiger partial charge in [-0.05, 0) is 35.7 Å². The fraction of sp³-hybridized carbons (Fsp3) is 0.421. The van der Waals surface area contributed by atoms with Gasteiger partial charge in [-0.3, -0.25) is 4.79 Å². The van der Waals surface area contributed by atoms with Crippen LogP contribution in [0.1, 0.15) is 38.5 Å². The van der Waals surface area contributed by atoms with Crippen molar-refractivity contribution in [2.24, 2.45) is 5.41 Å². The first kappa shape index (κ1) is 12.9. The Hall–Kier alpha value is -1.83. The van der Waals surface area contributed by atoms with E-state index in [-0.39, 0.29) is 11.5 Å². The minimum atomic E-state index is -0.163. The number of carbonyl (C=O) groups is 1. The topological polar surface area (TPSA) is 26.3 Å². The molecule has 2 aromatic carbocycles. The van der Waals surface area contributed by atoms with Gasteiger partial charge in [0, 0.05) is 6.42 Å². The van der Waals surface area contributed by atoms with Crippen LogP contribution < -0.4 is 4.74 Å². The van der Waals surface area contributed by atoms with E-state index in [1.165, 1.54) is 30.0 Å². The minimum Gasteiger partial charge on any atom is -0.489 e. The number of Topliss-reactive ketones (excluding diaryl/α,β-unsaturated/α-hetero) is 1. The molecule has 2 aliphatic carbocycles. The van der Waals surface area contributed by atoms with Crippen LogP contribution in [0.5, 0.6) is 5.75 Å².